The average Bonchev–Trinajstić information content (AvgIpc) is 2.89. The minimum absolute atomic E-state index is 0.0111. The Bertz CT molecular complexity index is 659. The zero-order chi connectivity index (χ0) is 30.8. The fourth-order valence-corrected chi connectivity index (χ4v) is 5.47. The first-order valence-corrected chi connectivity index (χ1v) is 18.3. The minimum atomic E-state index is -4.62. The lowest BCUT2D eigenvalue weighted by molar-refractivity contribution is -0.870. The van der Waals surface area contributed by atoms with Gasteiger partial charge in [0.15, 0.2) is 6.23 Å². The lowest BCUT2D eigenvalue weighted by Gasteiger charge is -2.32. The molecule has 9 heteroatoms. The van der Waals surface area contributed by atoms with E-state index in [1.54, 1.807) is 6.92 Å². The number of phosphoric ester groups is 1. The first kappa shape index (κ1) is 40.5. The lowest BCUT2D eigenvalue weighted by Crippen LogP contribution is -2.45. The molecule has 0 radical (unpaired) electrons. The van der Waals surface area contributed by atoms with E-state index in [1.165, 1.54) is 89.9 Å². The van der Waals surface area contributed by atoms with Gasteiger partial charge in [-0.15, -0.1) is 0 Å². The Morgan fingerprint density at radius 1 is 0.732 bits per heavy atom. The number of quaternary nitrogens is 1. The van der Waals surface area contributed by atoms with Crippen LogP contribution in [0.3, 0.4) is 0 Å². The van der Waals surface area contributed by atoms with Crippen LogP contribution in [0.1, 0.15) is 149 Å². The maximum absolute atomic E-state index is 12.7. The number of amides is 1. The van der Waals surface area contributed by atoms with Crippen LogP contribution in [0.4, 0.5) is 0 Å². The average molecular weight is 607 g/mol. The summed E-state index contributed by atoms with van der Waals surface area (Å²) in [5.41, 5.74) is 0. The quantitative estimate of drug-likeness (QED) is 0.0387. The normalized spacial score (nSPS) is 15.0. The molecule has 0 aromatic heterocycles. The van der Waals surface area contributed by atoms with Crippen molar-refractivity contribution in [1.82, 2.24) is 5.32 Å². The molecule has 3 atom stereocenters. The zero-order valence-electron chi connectivity index (χ0n) is 27.8. The predicted octanol–water partition coefficient (Wildman–Crippen LogP) is 7.88. The van der Waals surface area contributed by atoms with Crippen LogP contribution in [0.2, 0.25) is 0 Å². The number of hydrogen-bond donors (Lipinski definition) is 1. The standard InChI is InChI=1S/C32H67N2O6P/c1-7-9-11-13-15-17-19-21-23-25-28-38-30(3)32(40-41(36,37)39-29-27-34(4,5)6)33-31(35)26-24-22-20-18-16-14-12-10-8-2/h30,32H,7-29H2,1-6H3,(H-,33,35,36,37). The summed E-state index contributed by atoms with van der Waals surface area (Å²) in [7, 11) is 1.25. The fourth-order valence-electron chi connectivity index (χ4n) is 4.60. The molecule has 246 valence electrons. The Kier molecular flexibility index (Phi) is 25.6. The summed E-state index contributed by atoms with van der Waals surface area (Å²) in [5, 5.41) is 2.75. The summed E-state index contributed by atoms with van der Waals surface area (Å²) in [6.07, 6.45) is 21.4. The van der Waals surface area contributed by atoms with Crippen LogP contribution in [0.5, 0.6) is 0 Å². The number of nitrogens with zero attached hydrogens (tertiary/aromatic N) is 1. The second-order valence-electron chi connectivity index (χ2n) is 12.7. The van der Waals surface area contributed by atoms with E-state index in [9.17, 15) is 14.3 Å². The van der Waals surface area contributed by atoms with Gasteiger partial charge in [0.05, 0.1) is 27.2 Å². The third-order valence-corrected chi connectivity index (χ3v) is 8.35. The van der Waals surface area contributed by atoms with Crippen molar-refractivity contribution in [3.63, 3.8) is 0 Å². The molecule has 3 unspecified atom stereocenters. The van der Waals surface area contributed by atoms with Gasteiger partial charge in [0.25, 0.3) is 7.82 Å². The van der Waals surface area contributed by atoms with Crippen LogP contribution in [0.25, 0.3) is 0 Å². The van der Waals surface area contributed by atoms with E-state index >= 15 is 0 Å². The van der Waals surface area contributed by atoms with Crippen LogP contribution in [0.15, 0.2) is 0 Å². The topological polar surface area (TPSA) is 96.9 Å². The highest BCUT2D eigenvalue weighted by Crippen LogP contribution is 2.40. The maximum Gasteiger partial charge on any atom is 0.270 e. The molecule has 0 fully saturated rings. The molecule has 0 rings (SSSR count). The van der Waals surface area contributed by atoms with Gasteiger partial charge in [0.2, 0.25) is 5.91 Å². The first-order valence-electron chi connectivity index (χ1n) is 16.9. The summed E-state index contributed by atoms with van der Waals surface area (Å²) in [4.78, 5) is 25.2. The predicted molar refractivity (Wildman–Crippen MR) is 169 cm³/mol. The Morgan fingerprint density at radius 3 is 1.63 bits per heavy atom. The van der Waals surface area contributed by atoms with E-state index in [0.29, 0.717) is 24.1 Å². The Morgan fingerprint density at radius 2 is 1.17 bits per heavy atom. The number of carbonyl (C=O) groups is 1. The molecule has 0 aromatic carbocycles. The van der Waals surface area contributed by atoms with Crippen molar-refractivity contribution >= 4 is 13.7 Å². The second kappa shape index (κ2) is 25.9. The lowest BCUT2D eigenvalue weighted by atomic mass is 10.1. The molecule has 0 saturated carbocycles. The van der Waals surface area contributed by atoms with Crippen molar-refractivity contribution in [2.45, 2.75) is 162 Å². The van der Waals surface area contributed by atoms with Crippen molar-refractivity contribution in [1.29, 1.82) is 0 Å². The zero-order valence-corrected chi connectivity index (χ0v) is 28.7. The van der Waals surface area contributed by atoms with Crippen molar-refractivity contribution in [3.05, 3.63) is 0 Å². The van der Waals surface area contributed by atoms with Gasteiger partial charge >= 0.3 is 0 Å². The molecule has 0 aliphatic carbocycles. The van der Waals surface area contributed by atoms with Gasteiger partial charge in [-0.2, -0.15) is 0 Å². The number of rotatable bonds is 30. The highest BCUT2D eigenvalue weighted by atomic mass is 31.2. The third kappa shape index (κ3) is 28.1. The highest BCUT2D eigenvalue weighted by Gasteiger charge is 2.26. The molecule has 1 N–H and O–H groups in total. The first-order chi connectivity index (χ1) is 19.5. The van der Waals surface area contributed by atoms with Gasteiger partial charge in [-0.05, 0) is 19.8 Å². The molecule has 0 heterocycles. The van der Waals surface area contributed by atoms with Gasteiger partial charge in [-0.25, -0.2) is 0 Å². The van der Waals surface area contributed by atoms with E-state index in [2.05, 4.69) is 19.2 Å². The van der Waals surface area contributed by atoms with Crippen LogP contribution >= 0.6 is 7.82 Å². The number of carbonyl (C=O) groups excluding carboxylic acids is 1. The van der Waals surface area contributed by atoms with E-state index in [-0.39, 0.29) is 12.5 Å². The largest absolute Gasteiger partial charge is 0.756 e. The molecule has 1 amide bonds. The van der Waals surface area contributed by atoms with E-state index < -0.39 is 20.2 Å². The molecular formula is C32H67N2O6P. The summed E-state index contributed by atoms with van der Waals surface area (Å²) < 4.78 is 29.5. The maximum atomic E-state index is 12.7. The van der Waals surface area contributed by atoms with Gasteiger partial charge in [0.1, 0.15) is 13.2 Å². The van der Waals surface area contributed by atoms with E-state index in [0.717, 1.165) is 32.1 Å². The van der Waals surface area contributed by atoms with Gasteiger partial charge < -0.3 is 24.0 Å². The molecule has 0 saturated heterocycles. The van der Waals surface area contributed by atoms with Gasteiger partial charge in [-0.1, -0.05) is 123 Å². The highest BCUT2D eigenvalue weighted by molar-refractivity contribution is 7.45. The molecule has 0 aliphatic heterocycles. The van der Waals surface area contributed by atoms with Gasteiger partial charge in [0, 0.05) is 13.0 Å². The smallest absolute Gasteiger partial charge is 0.270 e. The molecule has 0 bridgehead atoms. The Labute approximate surface area is 253 Å². The van der Waals surface area contributed by atoms with Crippen LogP contribution < -0.4 is 10.2 Å². The Balaban J connectivity index is 4.54. The number of ether oxygens (including phenoxy) is 1. The molecular weight excluding hydrogens is 539 g/mol. The molecule has 8 nitrogen and oxygen atoms in total. The van der Waals surface area contributed by atoms with Gasteiger partial charge in [-0.3, -0.25) is 13.9 Å². The summed E-state index contributed by atoms with van der Waals surface area (Å²) in [6.45, 7) is 7.22. The summed E-state index contributed by atoms with van der Waals surface area (Å²) in [6, 6.07) is 0. The number of phosphoric acid groups is 1. The third-order valence-electron chi connectivity index (χ3n) is 7.37. The van der Waals surface area contributed by atoms with Crippen molar-refractivity contribution < 1.29 is 32.5 Å². The van der Waals surface area contributed by atoms with E-state index in [4.69, 9.17) is 13.8 Å². The van der Waals surface area contributed by atoms with Crippen LogP contribution in [-0.4, -0.2) is 63.6 Å². The van der Waals surface area contributed by atoms with Crippen molar-refractivity contribution in [2.24, 2.45) is 0 Å². The molecule has 0 aromatic rings. The van der Waals surface area contributed by atoms with E-state index in [1.807, 2.05) is 21.1 Å². The SMILES string of the molecule is CCCCCCCCCCCCOC(C)C(NC(=O)CCCCCCCCCCC)OP(=O)([O-])OCC[N+](C)(C)C. The van der Waals surface area contributed by atoms with Crippen molar-refractivity contribution in [2.75, 3.05) is 40.9 Å². The van der Waals surface area contributed by atoms with Crippen molar-refractivity contribution in [3.8, 4) is 0 Å². The molecule has 0 aliphatic rings. The summed E-state index contributed by atoms with van der Waals surface area (Å²) >= 11 is 0. The fraction of sp³-hybridized carbons (Fsp3) is 0.969. The van der Waals surface area contributed by atoms with Crippen LogP contribution in [-0.2, 0) is 23.1 Å². The monoisotopic (exact) mass is 606 g/mol. The number of likely N-dealkylation sites (N-methyl/N-ethyl adjacent to an activating group) is 1. The van der Waals surface area contributed by atoms with Crippen LogP contribution in [0, 0.1) is 0 Å². The second-order valence-corrected chi connectivity index (χ2v) is 14.1. The summed E-state index contributed by atoms with van der Waals surface area (Å²) in [5.74, 6) is -0.223. The number of unbranched alkanes of at least 4 members (excludes halogenated alkanes) is 17. The molecule has 0 spiro atoms. The Hall–Kier alpha value is -0.500. The molecule has 41 heavy (non-hydrogen) atoms. The number of hydrogen-bond acceptors (Lipinski definition) is 6. The minimum Gasteiger partial charge on any atom is -0.756 e. The number of nitrogens with one attached hydrogen (secondary N) is 1.